The van der Waals surface area contributed by atoms with Crippen molar-refractivity contribution in [1.82, 2.24) is 14.9 Å². The molecule has 1 aliphatic carbocycles. The van der Waals surface area contributed by atoms with Crippen molar-refractivity contribution in [2.24, 2.45) is 5.92 Å². The van der Waals surface area contributed by atoms with Gasteiger partial charge in [-0.05, 0) is 42.9 Å². The van der Waals surface area contributed by atoms with Gasteiger partial charge in [0.2, 0.25) is 5.91 Å². The lowest BCUT2D eigenvalue weighted by Crippen LogP contribution is -2.48. The summed E-state index contributed by atoms with van der Waals surface area (Å²) in [6.45, 7) is 5.23. The molecule has 0 unspecified atom stereocenters. The molecule has 1 amide bonds. The van der Waals surface area contributed by atoms with Crippen molar-refractivity contribution < 1.29 is 9.53 Å². The number of carbonyl (C=O) groups excluding carboxylic acids is 1. The van der Waals surface area contributed by atoms with E-state index in [-0.39, 0.29) is 5.91 Å². The Bertz CT molecular complexity index is 987. The van der Waals surface area contributed by atoms with Gasteiger partial charge in [-0.15, -0.1) is 0 Å². The smallest absolute Gasteiger partial charge is 0.223 e. The number of anilines is 1. The quantitative estimate of drug-likeness (QED) is 0.721. The molecule has 2 aliphatic heterocycles. The van der Waals surface area contributed by atoms with Gasteiger partial charge in [0.15, 0.2) is 5.75 Å². The fraction of sp³-hybridized carbons (Fsp3) is 0.500. The fourth-order valence-electron chi connectivity index (χ4n) is 4.91. The number of rotatable bonds is 4. The van der Waals surface area contributed by atoms with E-state index in [0.717, 1.165) is 37.3 Å². The van der Waals surface area contributed by atoms with E-state index in [2.05, 4.69) is 16.8 Å². The molecule has 1 saturated heterocycles. The normalized spacial score (nSPS) is 17.9. The molecule has 2 aromatic heterocycles. The van der Waals surface area contributed by atoms with Gasteiger partial charge in [0.25, 0.3) is 0 Å². The first kappa shape index (κ1) is 18.7. The van der Waals surface area contributed by atoms with E-state index in [4.69, 9.17) is 21.3 Å². The number of amides is 1. The lowest BCUT2D eigenvalue weighted by Gasteiger charge is -2.41. The van der Waals surface area contributed by atoms with E-state index < -0.39 is 0 Å². The van der Waals surface area contributed by atoms with Crippen LogP contribution in [0.4, 0.5) is 5.69 Å². The predicted molar refractivity (Wildman–Crippen MR) is 111 cm³/mol. The summed E-state index contributed by atoms with van der Waals surface area (Å²) >= 11 is 6.04. The van der Waals surface area contributed by atoms with Gasteiger partial charge in [0.05, 0.1) is 31.2 Å². The van der Waals surface area contributed by atoms with Crippen LogP contribution in [0.1, 0.15) is 40.9 Å². The lowest BCUT2D eigenvalue weighted by atomic mass is 9.95. The number of halogens is 1. The molecule has 5 rings (SSSR count). The molecule has 3 aliphatic rings. The molecule has 152 valence electrons. The number of nitrogens with zero attached hydrogens (tertiary/aromatic N) is 4. The van der Waals surface area contributed by atoms with Crippen LogP contribution in [0, 0.1) is 12.8 Å². The van der Waals surface area contributed by atoms with Crippen LogP contribution in [0.2, 0.25) is 5.15 Å². The zero-order chi connectivity index (χ0) is 20.1. The summed E-state index contributed by atoms with van der Waals surface area (Å²) in [5.74, 6) is 1.29. The Hall–Kier alpha value is -2.34. The van der Waals surface area contributed by atoms with Crippen molar-refractivity contribution >= 4 is 23.2 Å². The number of ether oxygens (including phenoxy) is 1. The molecule has 0 atom stereocenters. The minimum absolute atomic E-state index is 0.229. The predicted octanol–water partition coefficient (Wildman–Crippen LogP) is 3.30. The molecule has 0 N–H and O–H groups in total. The molecule has 6 nitrogen and oxygen atoms in total. The van der Waals surface area contributed by atoms with Crippen LogP contribution in [-0.2, 0) is 30.7 Å². The molecule has 0 saturated carbocycles. The van der Waals surface area contributed by atoms with Gasteiger partial charge in [-0.25, -0.2) is 4.98 Å². The summed E-state index contributed by atoms with van der Waals surface area (Å²) in [6.07, 6.45) is 5.64. The summed E-state index contributed by atoms with van der Waals surface area (Å²) < 4.78 is 5.39. The largest absolute Gasteiger partial charge is 0.493 e. The minimum atomic E-state index is 0.229. The van der Waals surface area contributed by atoms with Crippen LogP contribution in [0.15, 0.2) is 12.3 Å². The second kappa shape index (κ2) is 7.17. The molecule has 0 spiro atoms. The zero-order valence-corrected chi connectivity index (χ0v) is 17.6. The van der Waals surface area contributed by atoms with E-state index in [1.165, 1.54) is 28.8 Å². The third-order valence-electron chi connectivity index (χ3n) is 6.55. The number of hydrogen-bond acceptors (Lipinski definition) is 5. The standard InChI is InChI=1S/C22H25ClN4O2/c1-13-15-4-3-5-17(15)25-18-12-27(11-16(13)18)22(28)6-14-9-26(10-14)19-7-21(23)24-8-20(19)29-2/h7-8,14H,3-6,9-12H2,1-2H3. The molecule has 0 aromatic carbocycles. The third-order valence-corrected chi connectivity index (χ3v) is 6.76. The zero-order valence-electron chi connectivity index (χ0n) is 16.9. The molecule has 7 heteroatoms. The van der Waals surface area contributed by atoms with Gasteiger partial charge >= 0.3 is 0 Å². The van der Waals surface area contributed by atoms with Gasteiger partial charge in [-0.3, -0.25) is 9.78 Å². The van der Waals surface area contributed by atoms with Gasteiger partial charge in [-0.1, -0.05) is 11.6 Å². The summed E-state index contributed by atoms with van der Waals surface area (Å²) in [5.41, 5.74) is 7.40. The number of aromatic nitrogens is 2. The first-order chi connectivity index (χ1) is 14.0. The number of hydrogen-bond donors (Lipinski definition) is 0. The minimum Gasteiger partial charge on any atom is -0.493 e. The fourth-order valence-corrected chi connectivity index (χ4v) is 5.06. The summed E-state index contributed by atoms with van der Waals surface area (Å²) in [4.78, 5) is 26.1. The van der Waals surface area contributed by atoms with Crippen molar-refractivity contribution in [3.05, 3.63) is 45.5 Å². The Balaban J connectivity index is 1.21. The van der Waals surface area contributed by atoms with E-state index in [0.29, 0.717) is 36.3 Å². The summed E-state index contributed by atoms with van der Waals surface area (Å²) in [6, 6.07) is 1.82. The third kappa shape index (κ3) is 3.23. The summed E-state index contributed by atoms with van der Waals surface area (Å²) in [7, 11) is 1.63. The van der Waals surface area contributed by atoms with Crippen molar-refractivity contribution in [3.8, 4) is 5.75 Å². The molecule has 0 bridgehead atoms. The molecule has 4 heterocycles. The van der Waals surface area contributed by atoms with Crippen LogP contribution >= 0.6 is 11.6 Å². The van der Waals surface area contributed by atoms with Gasteiger partial charge < -0.3 is 14.5 Å². The molecule has 2 aromatic rings. The average molecular weight is 413 g/mol. The van der Waals surface area contributed by atoms with Crippen molar-refractivity contribution in [2.75, 3.05) is 25.1 Å². The Kier molecular flexibility index (Phi) is 4.62. The Morgan fingerprint density at radius 3 is 2.86 bits per heavy atom. The van der Waals surface area contributed by atoms with Crippen LogP contribution in [0.5, 0.6) is 5.75 Å². The highest BCUT2D eigenvalue weighted by atomic mass is 35.5. The van der Waals surface area contributed by atoms with Gasteiger partial charge in [0.1, 0.15) is 5.15 Å². The molecular formula is C22H25ClN4O2. The Morgan fingerprint density at radius 2 is 2.07 bits per heavy atom. The highest BCUT2D eigenvalue weighted by molar-refractivity contribution is 6.29. The van der Waals surface area contributed by atoms with Crippen molar-refractivity contribution in [1.29, 1.82) is 0 Å². The first-order valence-electron chi connectivity index (χ1n) is 10.3. The number of aryl methyl sites for hydroxylation is 1. The van der Waals surface area contributed by atoms with E-state index in [9.17, 15) is 4.79 Å². The average Bonchev–Trinajstić information content (AvgIpc) is 3.31. The van der Waals surface area contributed by atoms with E-state index in [1.54, 1.807) is 13.3 Å². The van der Waals surface area contributed by atoms with Crippen LogP contribution in [0.3, 0.4) is 0 Å². The topological polar surface area (TPSA) is 58.6 Å². The summed E-state index contributed by atoms with van der Waals surface area (Å²) in [5, 5.41) is 0.449. The van der Waals surface area contributed by atoms with Gasteiger partial charge in [-0.2, -0.15) is 0 Å². The molecule has 29 heavy (non-hydrogen) atoms. The van der Waals surface area contributed by atoms with Crippen molar-refractivity contribution in [3.63, 3.8) is 0 Å². The number of pyridine rings is 2. The van der Waals surface area contributed by atoms with Crippen LogP contribution < -0.4 is 9.64 Å². The Morgan fingerprint density at radius 1 is 1.24 bits per heavy atom. The maximum Gasteiger partial charge on any atom is 0.223 e. The SMILES string of the molecule is COc1cnc(Cl)cc1N1CC(CC(=O)N2Cc3nc4c(c(C)c3C2)CCC4)C1. The molecule has 1 fully saturated rings. The van der Waals surface area contributed by atoms with Gasteiger partial charge in [0, 0.05) is 43.7 Å². The Labute approximate surface area is 175 Å². The van der Waals surface area contributed by atoms with Crippen LogP contribution in [-0.4, -0.2) is 41.0 Å². The van der Waals surface area contributed by atoms with Crippen molar-refractivity contribution in [2.45, 2.75) is 45.7 Å². The second-order valence-electron chi connectivity index (χ2n) is 8.34. The number of fused-ring (bicyclic) bond motifs is 2. The second-order valence-corrected chi connectivity index (χ2v) is 8.73. The maximum atomic E-state index is 12.9. The highest BCUT2D eigenvalue weighted by Crippen LogP contribution is 2.36. The number of methoxy groups -OCH3 is 1. The monoisotopic (exact) mass is 412 g/mol. The first-order valence-corrected chi connectivity index (χ1v) is 10.6. The van der Waals surface area contributed by atoms with Crippen LogP contribution in [0.25, 0.3) is 0 Å². The number of carbonyl (C=O) groups is 1. The van der Waals surface area contributed by atoms with E-state index >= 15 is 0 Å². The maximum absolute atomic E-state index is 12.9. The molecule has 0 radical (unpaired) electrons. The van der Waals surface area contributed by atoms with E-state index in [1.807, 2.05) is 11.0 Å². The lowest BCUT2D eigenvalue weighted by molar-refractivity contribution is -0.133. The highest BCUT2D eigenvalue weighted by Gasteiger charge is 2.34. The molecular weight excluding hydrogens is 388 g/mol.